The molecule has 1 heterocycles. The first-order chi connectivity index (χ1) is 11.7. The van der Waals surface area contributed by atoms with E-state index in [2.05, 4.69) is 5.10 Å². The molecule has 0 atom stereocenters. The zero-order valence-corrected chi connectivity index (χ0v) is 14.2. The molecule has 132 valence electrons. The Hall–Kier alpha value is -2.53. The number of hydrogen-bond donors (Lipinski definition) is 0. The van der Waals surface area contributed by atoms with Crippen molar-refractivity contribution in [3.63, 3.8) is 0 Å². The highest BCUT2D eigenvalue weighted by Gasteiger charge is 2.31. The molecule has 0 N–H and O–H groups in total. The summed E-state index contributed by atoms with van der Waals surface area (Å²) in [6, 6.07) is 4.75. The number of halogens is 4. The van der Waals surface area contributed by atoms with Gasteiger partial charge in [0.1, 0.15) is 11.6 Å². The summed E-state index contributed by atoms with van der Waals surface area (Å²) in [5.74, 6) is -0.137. The van der Waals surface area contributed by atoms with Crippen LogP contribution in [0.1, 0.15) is 31.4 Å². The number of nitriles is 1. The number of aromatic nitrogens is 2. The summed E-state index contributed by atoms with van der Waals surface area (Å²) < 4.78 is 39.6. The molecule has 0 aliphatic carbocycles. The summed E-state index contributed by atoms with van der Waals surface area (Å²) in [7, 11) is 0. The summed E-state index contributed by atoms with van der Waals surface area (Å²) in [6.45, 7) is 3.52. The second kappa shape index (κ2) is 7.15. The molecule has 0 spiro atoms. The molecule has 2 rings (SSSR count). The zero-order chi connectivity index (χ0) is 18.8. The Morgan fingerprint density at radius 3 is 2.60 bits per heavy atom. The molecule has 1 amide bonds. The molecular weight excluding hydrogens is 357 g/mol. The summed E-state index contributed by atoms with van der Waals surface area (Å²) >= 11 is 6.01. The van der Waals surface area contributed by atoms with E-state index in [-0.39, 0.29) is 28.0 Å². The molecule has 0 fully saturated rings. The molecular formula is C16H14ClF3N4O. The summed E-state index contributed by atoms with van der Waals surface area (Å²) in [5.41, 5.74) is -0.624. The molecule has 0 aliphatic heterocycles. The van der Waals surface area contributed by atoms with Crippen molar-refractivity contribution in [1.29, 1.82) is 5.26 Å². The fourth-order valence-corrected chi connectivity index (χ4v) is 2.61. The van der Waals surface area contributed by atoms with Gasteiger partial charge in [0, 0.05) is 13.5 Å². The number of anilines is 1. The zero-order valence-electron chi connectivity index (χ0n) is 13.4. The Kier molecular flexibility index (Phi) is 5.38. The van der Waals surface area contributed by atoms with Gasteiger partial charge in [0.2, 0.25) is 5.91 Å². The number of nitrogens with zero attached hydrogens (tertiary/aromatic N) is 4. The van der Waals surface area contributed by atoms with Crippen molar-refractivity contribution < 1.29 is 18.0 Å². The van der Waals surface area contributed by atoms with E-state index in [9.17, 15) is 23.2 Å². The van der Waals surface area contributed by atoms with E-state index in [1.165, 1.54) is 22.7 Å². The van der Waals surface area contributed by atoms with Gasteiger partial charge in [0.05, 0.1) is 22.5 Å². The minimum atomic E-state index is -4.53. The maximum absolute atomic E-state index is 12.8. The molecule has 0 bridgehead atoms. The lowest BCUT2D eigenvalue weighted by Gasteiger charge is -2.22. The SMILES string of the molecule is CCCN(C(C)=O)c1c(C#N)cnn1-c1ccc(C(F)(F)F)cc1Cl. The van der Waals surface area contributed by atoms with E-state index in [4.69, 9.17) is 11.6 Å². The quantitative estimate of drug-likeness (QED) is 0.811. The normalized spacial score (nSPS) is 11.2. The first-order valence-electron chi connectivity index (χ1n) is 7.34. The van der Waals surface area contributed by atoms with Crippen LogP contribution in [-0.4, -0.2) is 22.2 Å². The second-order valence-electron chi connectivity index (χ2n) is 5.24. The van der Waals surface area contributed by atoms with Gasteiger partial charge in [-0.2, -0.15) is 23.5 Å². The van der Waals surface area contributed by atoms with Gasteiger partial charge >= 0.3 is 6.18 Å². The van der Waals surface area contributed by atoms with Crippen LogP contribution in [0, 0.1) is 11.3 Å². The maximum Gasteiger partial charge on any atom is 0.416 e. The van der Waals surface area contributed by atoms with Crippen molar-refractivity contribution in [3.05, 3.63) is 40.5 Å². The molecule has 5 nitrogen and oxygen atoms in total. The van der Waals surface area contributed by atoms with Gasteiger partial charge in [-0.05, 0) is 24.6 Å². The van der Waals surface area contributed by atoms with Crippen molar-refractivity contribution in [2.24, 2.45) is 0 Å². The third kappa shape index (κ3) is 3.77. The predicted octanol–water partition coefficient (Wildman–Crippen LogP) is 4.18. The molecule has 2 aromatic rings. The lowest BCUT2D eigenvalue weighted by molar-refractivity contribution is -0.137. The second-order valence-corrected chi connectivity index (χ2v) is 5.65. The van der Waals surface area contributed by atoms with Crippen molar-refractivity contribution in [1.82, 2.24) is 9.78 Å². The summed E-state index contributed by atoms with van der Waals surface area (Å²) in [5, 5.41) is 13.1. The Balaban J connectivity index is 2.63. The van der Waals surface area contributed by atoms with E-state index >= 15 is 0 Å². The molecule has 1 aromatic carbocycles. The van der Waals surface area contributed by atoms with Crippen LogP contribution in [0.15, 0.2) is 24.4 Å². The van der Waals surface area contributed by atoms with Gasteiger partial charge in [-0.3, -0.25) is 9.69 Å². The lowest BCUT2D eigenvalue weighted by atomic mass is 10.2. The average Bonchev–Trinajstić information content (AvgIpc) is 2.94. The topological polar surface area (TPSA) is 61.9 Å². The van der Waals surface area contributed by atoms with Gasteiger partial charge < -0.3 is 0 Å². The largest absolute Gasteiger partial charge is 0.416 e. The number of carbonyl (C=O) groups excluding carboxylic acids is 1. The summed E-state index contributed by atoms with van der Waals surface area (Å²) in [6.07, 6.45) is -2.66. The molecule has 0 unspecified atom stereocenters. The smallest absolute Gasteiger partial charge is 0.296 e. The molecule has 1 aromatic heterocycles. The summed E-state index contributed by atoms with van der Waals surface area (Å²) in [4.78, 5) is 13.3. The van der Waals surface area contributed by atoms with Crippen LogP contribution in [-0.2, 0) is 11.0 Å². The van der Waals surface area contributed by atoms with Gasteiger partial charge in [0.25, 0.3) is 0 Å². The Bertz CT molecular complexity index is 839. The average molecular weight is 371 g/mol. The van der Waals surface area contributed by atoms with Gasteiger partial charge in [-0.1, -0.05) is 18.5 Å². The van der Waals surface area contributed by atoms with Crippen LogP contribution < -0.4 is 4.90 Å². The van der Waals surface area contributed by atoms with Crippen molar-refractivity contribution >= 4 is 23.3 Å². The number of amides is 1. The molecule has 0 aliphatic rings. The standard InChI is InChI=1S/C16H14ClF3N4O/c1-3-6-23(10(2)25)15-11(8-21)9-22-24(15)14-5-4-12(7-13(14)17)16(18,19)20/h4-5,7,9H,3,6H2,1-2H3. The van der Waals surface area contributed by atoms with Crippen molar-refractivity contribution in [2.45, 2.75) is 26.4 Å². The monoisotopic (exact) mass is 370 g/mol. The third-order valence-electron chi connectivity index (χ3n) is 3.45. The van der Waals surface area contributed by atoms with Gasteiger partial charge in [0.15, 0.2) is 5.82 Å². The fourth-order valence-electron chi connectivity index (χ4n) is 2.35. The van der Waals surface area contributed by atoms with E-state index < -0.39 is 11.7 Å². The minimum absolute atomic E-state index is 0.125. The number of hydrogen-bond acceptors (Lipinski definition) is 3. The van der Waals surface area contributed by atoms with Gasteiger partial charge in [-0.15, -0.1) is 0 Å². The van der Waals surface area contributed by atoms with E-state index in [1.807, 2.05) is 13.0 Å². The molecule has 0 radical (unpaired) electrons. The highest BCUT2D eigenvalue weighted by molar-refractivity contribution is 6.32. The number of benzene rings is 1. The first kappa shape index (κ1) is 18.8. The third-order valence-corrected chi connectivity index (χ3v) is 3.75. The Morgan fingerprint density at radius 2 is 2.12 bits per heavy atom. The Labute approximate surface area is 147 Å². The molecule has 0 saturated carbocycles. The number of carbonyl (C=O) groups is 1. The number of rotatable bonds is 4. The van der Waals surface area contributed by atoms with Crippen LogP contribution in [0.4, 0.5) is 19.0 Å². The molecule has 25 heavy (non-hydrogen) atoms. The van der Waals surface area contributed by atoms with Crippen LogP contribution >= 0.6 is 11.6 Å². The molecule has 9 heteroatoms. The minimum Gasteiger partial charge on any atom is -0.296 e. The van der Waals surface area contributed by atoms with Crippen LogP contribution in [0.3, 0.4) is 0 Å². The van der Waals surface area contributed by atoms with Crippen molar-refractivity contribution in [3.8, 4) is 11.8 Å². The van der Waals surface area contributed by atoms with Crippen LogP contribution in [0.2, 0.25) is 5.02 Å². The predicted molar refractivity (Wildman–Crippen MR) is 86.6 cm³/mol. The van der Waals surface area contributed by atoms with Crippen LogP contribution in [0.25, 0.3) is 5.69 Å². The van der Waals surface area contributed by atoms with Gasteiger partial charge in [-0.25, -0.2) is 4.68 Å². The van der Waals surface area contributed by atoms with Crippen LogP contribution in [0.5, 0.6) is 0 Å². The highest BCUT2D eigenvalue weighted by Crippen LogP contribution is 2.34. The van der Waals surface area contributed by atoms with E-state index in [0.717, 1.165) is 18.2 Å². The highest BCUT2D eigenvalue weighted by atomic mass is 35.5. The first-order valence-corrected chi connectivity index (χ1v) is 7.71. The van der Waals surface area contributed by atoms with Crippen molar-refractivity contribution in [2.75, 3.05) is 11.4 Å². The lowest BCUT2D eigenvalue weighted by Crippen LogP contribution is -2.31. The van der Waals surface area contributed by atoms with E-state index in [0.29, 0.717) is 13.0 Å². The van der Waals surface area contributed by atoms with E-state index in [1.54, 1.807) is 0 Å². The maximum atomic E-state index is 12.8. The molecule has 0 saturated heterocycles. The fraction of sp³-hybridized carbons (Fsp3) is 0.312. The number of alkyl halides is 3. The Morgan fingerprint density at radius 1 is 1.44 bits per heavy atom.